The van der Waals surface area contributed by atoms with Gasteiger partial charge in [-0.25, -0.2) is 0 Å². The number of likely N-dealkylation sites (tertiary alicyclic amines) is 1. The number of likely N-dealkylation sites (N-methyl/N-ethyl adjacent to an activating group) is 1. The first-order chi connectivity index (χ1) is 18.9. The molecule has 214 valence electrons. The summed E-state index contributed by atoms with van der Waals surface area (Å²) in [5.41, 5.74) is -0.390. The van der Waals surface area contributed by atoms with Gasteiger partial charge in [-0.2, -0.15) is 13.2 Å². The number of hydrogen-bond acceptors (Lipinski definition) is 5. The summed E-state index contributed by atoms with van der Waals surface area (Å²) in [6.07, 6.45) is -0.0109. The zero-order valence-corrected chi connectivity index (χ0v) is 22.9. The molecule has 2 aliphatic carbocycles. The van der Waals surface area contributed by atoms with Crippen molar-refractivity contribution >= 4 is 12.0 Å². The third kappa shape index (κ3) is 3.88. The van der Waals surface area contributed by atoms with Crippen LogP contribution in [0.3, 0.4) is 0 Å². The average Bonchev–Trinajstić information content (AvgIpc) is 3.25. The van der Waals surface area contributed by atoms with Crippen LogP contribution in [0.5, 0.6) is 11.5 Å². The van der Waals surface area contributed by atoms with Crippen molar-refractivity contribution in [1.82, 2.24) is 9.80 Å². The smallest absolute Gasteiger partial charge is 0.416 e. The molecule has 0 radical (unpaired) electrons. The van der Waals surface area contributed by atoms with Crippen molar-refractivity contribution in [2.24, 2.45) is 5.92 Å². The zero-order valence-electron chi connectivity index (χ0n) is 22.9. The summed E-state index contributed by atoms with van der Waals surface area (Å²) in [4.78, 5) is 17.7. The lowest BCUT2D eigenvalue weighted by Crippen LogP contribution is -2.78. The summed E-state index contributed by atoms with van der Waals surface area (Å²) in [5, 5.41) is 23.2. The number of nitrogens with zero attached hydrogens (tertiary/aromatic N) is 2. The maximum Gasteiger partial charge on any atom is 0.416 e. The summed E-state index contributed by atoms with van der Waals surface area (Å²) in [6.45, 7) is 5.19. The van der Waals surface area contributed by atoms with Gasteiger partial charge >= 0.3 is 6.18 Å². The van der Waals surface area contributed by atoms with Gasteiger partial charge in [-0.1, -0.05) is 32.0 Å². The quantitative estimate of drug-likeness (QED) is 0.520. The minimum Gasteiger partial charge on any atom is -0.504 e. The van der Waals surface area contributed by atoms with Crippen LogP contribution in [0.4, 0.5) is 13.2 Å². The number of alkyl halides is 3. The Morgan fingerprint density at radius 1 is 1.25 bits per heavy atom. The second-order valence-electron chi connectivity index (χ2n) is 12.3. The van der Waals surface area contributed by atoms with Gasteiger partial charge in [-0.15, -0.1) is 0 Å². The fourth-order valence-electron chi connectivity index (χ4n) is 7.91. The standard InChI is InChI=1S/C31H35F3N2O4/c1-18(2)17-36(25(38)10-7-19-5-4-6-21(15-19)31(32,33)34)22-11-12-30(39)24-16-20-8-9-23(37)27-26(20)29(30,28(22)40-27)13-14-35(24)3/h4-10,15,18,22,24,28,37,39H,11-14,16-17H2,1-3H3/t22-,24+,28-,29-,30+/m0/s1. The average molecular weight is 557 g/mol. The summed E-state index contributed by atoms with van der Waals surface area (Å²) in [7, 11) is 2.03. The van der Waals surface area contributed by atoms with Gasteiger partial charge in [0.25, 0.3) is 0 Å². The first-order valence-electron chi connectivity index (χ1n) is 14.0. The van der Waals surface area contributed by atoms with Gasteiger partial charge in [0.05, 0.1) is 22.6 Å². The van der Waals surface area contributed by atoms with Crippen molar-refractivity contribution < 1.29 is 32.9 Å². The van der Waals surface area contributed by atoms with E-state index in [0.717, 1.165) is 29.8 Å². The molecule has 9 heteroatoms. The van der Waals surface area contributed by atoms with Gasteiger partial charge in [0.1, 0.15) is 6.10 Å². The lowest BCUT2D eigenvalue weighted by molar-refractivity contribution is -0.197. The Labute approximate surface area is 232 Å². The SMILES string of the molecule is CC(C)CN(C(=O)C=Cc1cccc(C(F)(F)F)c1)[C@H]1CC[C@@]2(O)[C@H]3Cc4ccc(O)c5c4[C@@]2(CCN3C)[C@H]1O5. The minimum absolute atomic E-state index is 0.0344. The van der Waals surface area contributed by atoms with E-state index >= 15 is 0 Å². The van der Waals surface area contributed by atoms with Crippen LogP contribution < -0.4 is 4.74 Å². The van der Waals surface area contributed by atoms with Gasteiger partial charge in [-0.05, 0) is 80.6 Å². The Morgan fingerprint density at radius 2 is 2.02 bits per heavy atom. The molecule has 2 aromatic carbocycles. The molecule has 5 atom stereocenters. The molecule has 6 nitrogen and oxygen atoms in total. The van der Waals surface area contributed by atoms with Crippen molar-refractivity contribution in [3.8, 4) is 11.5 Å². The number of phenols is 1. The second kappa shape index (κ2) is 9.24. The molecule has 1 saturated carbocycles. The molecule has 2 aromatic rings. The van der Waals surface area contributed by atoms with Crippen LogP contribution in [0.1, 0.15) is 55.4 Å². The minimum atomic E-state index is -4.47. The highest BCUT2D eigenvalue weighted by Gasteiger charge is 2.73. The zero-order chi connectivity index (χ0) is 28.6. The van der Waals surface area contributed by atoms with Gasteiger partial charge in [-0.3, -0.25) is 4.79 Å². The number of aromatic hydroxyl groups is 1. The Hall–Kier alpha value is -3.04. The number of amides is 1. The van der Waals surface area contributed by atoms with Crippen molar-refractivity contribution in [3.63, 3.8) is 0 Å². The third-order valence-corrected chi connectivity index (χ3v) is 9.58. The highest BCUT2D eigenvalue weighted by atomic mass is 19.4. The maximum absolute atomic E-state index is 13.8. The maximum atomic E-state index is 13.8. The number of aliphatic hydroxyl groups is 1. The van der Waals surface area contributed by atoms with Crippen molar-refractivity contribution in [1.29, 1.82) is 0 Å². The van der Waals surface area contributed by atoms with Crippen LogP contribution in [-0.2, 0) is 22.8 Å². The van der Waals surface area contributed by atoms with E-state index in [-0.39, 0.29) is 35.2 Å². The summed E-state index contributed by atoms with van der Waals surface area (Å²) in [5.74, 6) is 0.246. The summed E-state index contributed by atoms with van der Waals surface area (Å²) < 4.78 is 46.2. The summed E-state index contributed by atoms with van der Waals surface area (Å²) in [6, 6.07) is 7.97. The van der Waals surface area contributed by atoms with Crippen LogP contribution in [0.25, 0.3) is 6.08 Å². The predicted octanol–water partition coefficient (Wildman–Crippen LogP) is 4.76. The molecule has 4 aliphatic rings. The fourth-order valence-corrected chi connectivity index (χ4v) is 7.91. The highest BCUT2D eigenvalue weighted by Crippen LogP contribution is 2.65. The predicted molar refractivity (Wildman–Crippen MR) is 144 cm³/mol. The molecular weight excluding hydrogens is 521 g/mol. The lowest BCUT2D eigenvalue weighted by atomic mass is 9.48. The molecule has 1 saturated heterocycles. The van der Waals surface area contributed by atoms with Crippen molar-refractivity contribution in [3.05, 3.63) is 64.7 Å². The number of benzene rings is 2. The molecule has 1 amide bonds. The molecule has 2 heterocycles. The molecule has 2 bridgehead atoms. The monoisotopic (exact) mass is 556 g/mol. The fraction of sp³-hybridized carbons (Fsp3) is 0.516. The van der Waals surface area contributed by atoms with E-state index in [9.17, 15) is 28.2 Å². The van der Waals surface area contributed by atoms with E-state index in [1.54, 1.807) is 11.0 Å². The number of carbonyl (C=O) groups is 1. The lowest BCUT2D eigenvalue weighted by Gasteiger charge is -2.64. The number of phenolic OH excluding ortho intramolecular Hbond substituents is 1. The van der Waals surface area contributed by atoms with E-state index in [1.807, 2.05) is 27.0 Å². The Balaban J connectivity index is 1.38. The van der Waals surface area contributed by atoms with Crippen molar-refractivity contribution in [2.75, 3.05) is 20.1 Å². The molecule has 2 fully saturated rings. The molecule has 6 rings (SSSR count). The number of ether oxygens (including phenoxy) is 1. The normalized spacial score (nSPS) is 30.9. The number of rotatable bonds is 5. The molecule has 0 unspecified atom stereocenters. The van der Waals surface area contributed by atoms with Crippen LogP contribution in [0.15, 0.2) is 42.5 Å². The largest absolute Gasteiger partial charge is 0.504 e. The molecule has 2 N–H and O–H groups in total. The van der Waals surface area contributed by atoms with Gasteiger partial charge in [0.2, 0.25) is 5.91 Å². The van der Waals surface area contributed by atoms with E-state index in [2.05, 4.69) is 4.90 Å². The van der Waals surface area contributed by atoms with Gasteiger partial charge in [0.15, 0.2) is 11.5 Å². The van der Waals surface area contributed by atoms with E-state index in [1.165, 1.54) is 24.3 Å². The second-order valence-corrected chi connectivity index (χ2v) is 12.3. The van der Waals surface area contributed by atoms with Crippen LogP contribution in [0, 0.1) is 5.92 Å². The Bertz CT molecular complexity index is 1370. The first-order valence-corrected chi connectivity index (χ1v) is 14.0. The molecule has 40 heavy (non-hydrogen) atoms. The summed E-state index contributed by atoms with van der Waals surface area (Å²) >= 11 is 0. The van der Waals surface area contributed by atoms with Crippen LogP contribution >= 0.6 is 0 Å². The molecule has 1 spiro atoms. The van der Waals surface area contributed by atoms with E-state index in [4.69, 9.17) is 4.74 Å². The van der Waals surface area contributed by atoms with Crippen LogP contribution in [-0.4, -0.2) is 69.8 Å². The van der Waals surface area contributed by atoms with Gasteiger partial charge in [0, 0.05) is 24.2 Å². The Kier molecular flexibility index (Phi) is 6.27. The molecule has 2 aliphatic heterocycles. The molecule has 0 aromatic heterocycles. The van der Waals surface area contributed by atoms with Gasteiger partial charge < -0.3 is 24.7 Å². The van der Waals surface area contributed by atoms with E-state index < -0.39 is 28.9 Å². The topological polar surface area (TPSA) is 73.2 Å². The number of halogens is 3. The van der Waals surface area contributed by atoms with Crippen LogP contribution in [0.2, 0.25) is 0 Å². The van der Waals surface area contributed by atoms with E-state index in [0.29, 0.717) is 38.0 Å². The first kappa shape index (κ1) is 27.1. The number of carbonyl (C=O) groups excluding carboxylic acids is 1. The number of hydrogen-bond donors (Lipinski definition) is 2. The number of piperidine rings is 1. The molecular formula is C31H35F3N2O4. The van der Waals surface area contributed by atoms with Crippen molar-refractivity contribution in [2.45, 2.75) is 74.9 Å². The highest BCUT2D eigenvalue weighted by molar-refractivity contribution is 5.92. The third-order valence-electron chi connectivity index (χ3n) is 9.58. The Morgan fingerprint density at radius 3 is 2.75 bits per heavy atom.